The van der Waals surface area contributed by atoms with Crippen LogP contribution in [0.1, 0.15) is 42.4 Å². The number of hydrogen-bond donors (Lipinski definition) is 2. The number of fused-ring (bicyclic) bond motifs is 1. The van der Waals surface area contributed by atoms with Gasteiger partial charge in [0.1, 0.15) is 0 Å². The monoisotopic (exact) mass is 455 g/mol. The summed E-state index contributed by atoms with van der Waals surface area (Å²) in [6, 6.07) is 10.6. The third-order valence-corrected chi connectivity index (χ3v) is 8.23. The van der Waals surface area contributed by atoms with Crippen LogP contribution in [0.4, 0.5) is 11.4 Å². The van der Waals surface area contributed by atoms with Crippen LogP contribution >= 0.6 is 0 Å². The van der Waals surface area contributed by atoms with Gasteiger partial charge in [-0.25, -0.2) is 8.42 Å². The van der Waals surface area contributed by atoms with Gasteiger partial charge < -0.3 is 10.6 Å². The normalized spacial score (nSPS) is 19.6. The predicted octanol–water partition coefficient (Wildman–Crippen LogP) is 3.62. The lowest BCUT2D eigenvalue weighted by Crippen LogP contribution is -2.43. The average Bonchev–Trinajstić information content (AvgIpc) is 2.96. The zero-order valence-electron chi connectivity index (χ0n) is 18.5. The second-order valence-electron chi connectivity index (χ2n) is 8.71. The molecule has 0 aromatic heterocycles. The number of anilines is 2. The number of amides is 2. The zero-order valence-corrected chi connectivity index (χ0v) is 19.3. The number of carbonyl (C=O) groups is 2. The van der Waals surface area contributed by atoms with E-state index < -0.39 is 15.9 Å². The lowest BCUT2D eigenvalue weighted by molar-refractivity contribution is -0.121. The van der Waals surface area contributed by atoms with Crippen LogP contribution in [0.5, 0.6) is 0 Å². The number of benzene rings is 2. The number of aryl methyl sites for hydroxylation is 3. The van der Waals surface area contributed by atoms with Crippen LogP contribution < -0.4 is 10.6 Å². The Morgan fingerprint density at radius 2 is 1.88 bits per heavy atom. The number of hydrogen-bond acceptors (Lipinski definition) is 4. The van der Waals surface area contributed by atoms with Crippen molar-refractivity contribution in [2.45, 2.75) is 50.8 Å². The molecule has 8 heteroatoms. The maximum Gasteiger partial charge on any atom is 0.243 e. The maximum absolute atomic E-state index is 13.3. The first-order valence-corrected chi connectivity index (χ1v) is 12.5. The van der Waals surface area contributed by atoms with Crippen LogP contribution in [0.15, 0.2) is 41.3 Å². The van der Waals surface area contributed by atoms with E-state index in [-0.39, 0.29) is 23.3 Å². The Balaban J connectivity index is 1.49. The minimum absolute atomic E-state index is 0.0481. The van der Waals surface area contributed by atoms with Gasteiger partial charge in [0.05, 0.1) is 10.8 Å². The third kappa shape index (κ3) is 4.71. The maximum atomic E-state index is 13.3. The Morgan fingerprint density at radius 3 is 2.66 bits per heavy atom. The summed E-state index contributed by atoms with van der Waals surface area (Å²) in [5.74, 6) is -0.606. The molecule has 2 aromatic carbocycles. The molecule has 2 amide bonds. The van der Waals surface area contributed by atoms with Gasteiger partial charge in [-0.05, 0) is 86.6 Å². The highest BCUT2D eigenvalue weighted by Gasteiger charge is 2.34. The van der Waals surface area contributed by atoms with E-state index in [0.29, 0.717) is 44.3 Å². The van der Waals surface area contributed by atoms with E-state index in [2.05, 4.69) is 10.6 Å². The second-order valence-corrected chi connectivity index (χ2v) is 10.6. The van der Waals surface area contributed by atoms with Crippen molar-refractivity contribution in [2.24, 2.45) is 5.92 Å². The molecule has 2 aliphatic rings. The van der Waals surface area contributed by atoms with E-state index in [9.17, 15) is 18.0 Å². The summed E-state index contributed by atoms with van der Waals surface area (Å²) in [6.45, 7) is 4.56. The molecule has 32 heavy (non-hydrogen) atoms. The quantitative estimate of drug-likeness (QED) is 0.736. The Bertz CT molecular complexity index is 1160. The molecule has 7 nitrogen and oxygen atoms in total. The highest BCUT2D eigenvalue weighted by Crippen LogP contribution is 2.29. The van der Waals surface area contributed by atoms with Crippen molar-refractivity contribution in [3.05, 3.63) is 53.1 Å². The molecule has 0 aliphatic carbocycles. The predicted molar refractivity (Wildman–Crippen MR) is 124 cm³/mol. The number of piperidine rings is 1. The van der Waals surface area contributed by atoms with Crippen LogP contribution in [0.2, 0.25) is 0 Å². The van der Waals surface area contributed by atoms with E-state index in [0.717, 1.165) is 22.4 Å². The van der Waals surface area contributed by atoms with E-state index in [4.69, 9.17) is 0 Å². The number of sulfonamides is 1. The Kier molecular flexibility index (Phi) is 6.35. The van der Waals surface area contributed by atoms with Gasteiger partial charge in [-0.3, -0.25) is 9.59 Å². The van der Waals surface area contributed by atoms with E-state index in [1.165, 1.54) is 4.31 Å². The van der Waals surface area contributed by atoms with Gasteiger partial charge in [-0.1, -0.05) is 6.07 Å². The van der Waals surface area contributed by atoms with Crippen molar-refractivity contribution in [1.29, 1.82) is 0 Å². The lowest BCUT2D eigenvalue weighted by atomic mass is 9.98. The average molecular weight is 456 g/mol. The number of carbonyl (C=O) groups excluding carboxylic acids is 2. The van der Waals surface area contributed by atoms with Crippen LogP contribution in [0, 0.1) is 19.8 Å². The summed E-state index contributed by atoms with van der Waals surface area (Å²) in [4.78, 5) is 24.8. The standard InChI is InChI=1S/C24H29N3O4S/c1-16-8-9-20(13-17(16)2)25-24(29)19-6-4-12-27(15-19)32(30,31)21-10-11-22-18(14-21)5-3-7-23(28)26-22/h8-11,13-14,19H,3-7,12,15H2,1-2H3,(H,25,29)(H,26,28)/t19-/m0/s1. The zero-order chi connectivity index (χ0) is 22.9. The van der Waals surface area contributed by atoms with Crippen molar-refractivity contribution in [1.82, 2.24) is 4.31 Å². The third-order valence-electron chi connectivity index (χ3n) is 6.37. The molecule has 2 aliphatic heterocycles. The largest absolute Gasteiger partial charge is 0.326 e. The molecule has 0 radical (unpaired) electrons. The molecule has 0 bridgehead atoms. The van der Waals surface area contributed by atoms with E-state index in [1.807, 2.05) is 32.0 Å². The van der Waals surface area contributed by atoms with Crippen LogP contribution in [0.3, 0.4) is 0 Å². The fraction of sp³-hybridized carbons (Fsp3) is 0.417. The first kappa shape index (κ1) is 22.5. The molecule has 1 saturated heterocycles. The van der Waals surface area contributed by atoms with E-state index in [1.54, 1.807) is 18.2 Å². The molecule has 0 saturated carbocycles. The molecule has 170 valence electrons. The van der Waals surface area contributed by atoms with Crippen LogP contribution in [-0.2, 0) is 26.0 Å². The number of rotatable bonds is 4. The van der Waals surface area contributed by atoms with Gasteiger partial charge in [-0.2, -0.15) is 4.31 Å². The van der Waals surface area contributed by atoms with Crippen molar-refractivity contribution in [3.8, 4) is 0 Å². The van der Waals surface area contributed by atoms with Crippen LogP contribution in [-0.4, -0.2) is 37.6 Å². The highest BCUT2D eigenvalue weighted by molar-refractivity contribution is 7.89. The van der Waals surface area contributed by atoms with E-state index >= 15 is 0 Å². The Labute approximate surface area is 189 Å². The fourth-order valence-electron chi connectivity index (χ4n) is 4.30. The SMILES string of the molecule is Cc1ccc(NC(=O)[C@H]2CCCN(S(=O)(=O)c3ccc4c(c3)CCCC(=O)N4)C2)cc1C. The molecule has 4 rings (SSSR count). The molecule has 2 N–H and O–H groups in total. The fourth-order valence-corrected chi connectivity index (χ4v) is 5.87. The van der Waals surface area contributed by atoms with Crippen molar-refractivity contribution < 1.29 is 18.0 Å². The molecular weight excluding hydrogens is 426 g/mol. The molecule has 0 spiro atoms. The number of nitrogens with one attached hydrogen (secondary N) is 2. The van der Waals surface area contributed by atoms with Crippen molar-refractivity contribution in [2.75, 3.05) is 23.7 Å². The Hall–Kier alpha value is -2.71. The summed E-state index contributed by atoms with van der Waals surface area (Å²) >= 11 is 0. The molecule has 2 aromatic rings. The van der Waals surface area contributed by atoms with Gasteiger partial charge in [0.25, 0.3) is 0 Å². The lowest BCUT2D eigenvalue weighted by Gasteiger charge is -2.31. The van der Waals surface area contributed by atoms with Crippen molar-refractivity contribution >= 4 is 33.2 Å². The Morgan fingerprint density at radius 1 is 1.06 bits per heavy atom. The van der Waals surface area contributed by atoms with Gasteiger partial charge in [0, 0.05) is 30.9 Å². The second kappa shape index (κ2) is 9.03. The van der Waals surface area contributed by atoms with Gasteiger partial charge in [0.2, 0.25) is 21.8 Å². The summed E-state index contributed by atoms with van der Waals surface area (Å²) in [5, 5.41) is 5.78. The first-order valence-electron chi connectivity index (χ1n) is 11.0. The highest BCUT2D eigenvalue weighted by atomic mass is 32.2. The first-order chi connectivity index (χ1) is 15.2. The van der Waals surface area contributed by atoms with Crippen LogP contribution in [0.25, 0.3) is 0 Å². The minimum Gasteiger partial charge on any atom is -0.326 e. The molecular formula is C24H29N3O4S. The van der Waals surface area contributed by atoms with Gasteiger partial charge in [-0.15, -0.1) is 0 Å². The summed E-state index contributed by atoms with van der Waals surface area (Å²) in [5.41, 5.74) is 4.48. The molecule has 1 fully saturated rings. The summed E-state index contributed by atoms with van der Waals surface area (Å²) < 4.78 is 28.1. The summed E-state index contributed by atoms with van der Waals surface area (Å²) in [6.07, 6.45) is 3.05. The molecule has 0 unspecified atom stereocenters. The minimum atomic E-state index is -3.73. The topological polar surface area (TPSA) is 95.6 Å². The molecule has 1 atom stereocenters. The van der Waals surface area contributed by atoms with Crippen molar-refractivity contribution in [3.63, 3.8) is 0 Å². The number of nitrogens with zero attached hydrogens (tertiary/aromatic N) is 1. The molecule has 2 heterocycles. The smallest absolute Gasteiger partial charge is 0.243 e. The van der Waals surface area contributed by atoms with Gasteiger partial charge >= 0.3 is 0 Å². The summed E-state index contributed by atoms with van der Waals surface area (Å²) in [7, 11) is -3.73. The van der Waals surface area contributed by atoms with Gasteiger partial charge in [0.15, 0.2) is 0 Å².